The molecule has 2 unspecified atom stereocenters. The maximum atomic E-state index is 13.2. The number of pyridine rings is 2. The Hall–Kier alpha value is -1.89. The van der Waals surface area contributed by atoms with Crippen LogP contribution in [0.2, 0.25) is 0 Å². The molecule has 0 radical (unpaired) electrons. The van der Waals surface area contributed by atoms with E-state index in [2.05, 4.69) is 42.8 Å². The third kappa shape index (κ3) is 9.69. The summed E-state index contributed by atoms with van der Waals surface area (Å²) in [4.78, 5) is 23.1. The molecule has 1 N–H and O–H groups in total. The van der Waals surface area contributed by atoms with Gasteiger partial charge < -0.3 is 10.2 Å². The second kappa shape index (κ2) is 14.5. The van der Waals surface area contributed by atoms with Gasteiger partial charge in [0.1, 0.15) is 5.69 Å². The third-order valence-corrected chi connectivity index (χ3v) is 8.10. The van der Waals surface area contributed by atoms with Crippen LogP contribution in [0.1, 0.15) is 78.5 Å². The molecule has 2 aromatic rings. The summed E-state index contributed by atoms with van der Waals surface area (Å²) in [5.41, 5.74) is 1.92. The lowest BCUT2D eigenvalue weighted by Gasteiger charge is -2.23. The number of alkyl halides is 6. The van der Waals surface area contributed by atoms with Crippen molar-refractivity contribution in [1.29, 1.82) is 0 Å². The summed E-state index contributed by atoms with van der Waals surface area (Å²) in [7, 11) is 0. The van der Waals surface area contributed by atoms with Crippen LogP contribution in [0.5, 0.6) is 0 Å². The largest absolute Gasteiger partial charge is 0.389 e. The first-order chi connectivity index (χ1) is 18.1. The number of amides is 1. The normalized spacial score (nSPS) is 16.1. The quantitative estimate of drug-likeness (QED) is 0.162. The summed E-state index contributed by atoms with van der Waals surface area (Å²) in [5.74, 6) is -0.524. The van der Waals surface area contributed by atoms with E-state index >= 15 is 0 Å². The van der Waals surface area contributed by atoms with Crippen molar-refractivity contribution in [3.05, 3.63) is 58.7 Å². The second-order valence-corrected chi connectivity index (χ2v) is 11.4. The van der Waals surface area contributed by atoms with Crippen molar-refractivity contribution in [1.82, 2.24) is 20.2 Å². The Balaban J connectivity index is 1.43. The average molecular weight is 652 g/mol. The first-order valence-electron chi connectivity index (χ1n) is 13.0. The highest BCUT2D eigenvalue weighted by molar-refractivity contribution is 14.1. The number of carbonyl (C=O) groups excluding carboxylic acids is 1. The number of nitrogens with one attached hydrogen (secondary N) is 1. The van der Waals surface area contributed by atoms with Crippen molar-refractivity contribution < 1.29 is 26.7 Å². The van der Waals surface area contributed by atoms with Crippen molar-refractivity contribution in [2.75, 3.05) is 19.6 Å². The molecule has 1 aliphatic rings. The van der Waals surface area contributed by atoms with Gasteiger partial charge in [-0.2, -0.15) is 13.2 Å². The summed E-state index contributed by atoms with van der Waals surface area (Å²) in [5, 5.41) is 2.88. The maximum absolute atomic E-state index is 13.2. The number of nitrogens with zero attached hydrogens (tertiary/aromatic N) is 3. The molecular weight excluding hydrogens is 618 g/mol. The van der Waals surface area contributed by atoms with Crippen LogP contribution < -0.4 is 5.32 Å². The van der Waals surface area contributed by atoms with Crippen molar-refractivity contribution in [2.24, 2.45) is 0 Å². The summed E-state index contributed by atoms with van der Waals surface area (Å²) < 4.78 is 64.4. The van der Waals surface area contributed by atoms with Crippen LogP contribution in [0.15, 0.2) is 30.5 Å². The van der Waals surface area contributed by atoms with Crippen LogP contribution >= 0.6 is 22.6 Å². The van der Waals surface area contributed by atoms with E-state index in [0.29, 0.717) is 16.0 Å². The fraction of sp³-hybridized carbons (Fsp3) is 0.593. The molecule has 11 heteroatoms. The Bertz CT molecular complexity index is 1050. The van der Waals surface area contributed by atoms with E-state index in [0.717, 1.165) is 63.0 Å². The molecular formula is C27H34F5IN4O. The zero-order valence-electron chi connectivity index (χ0n) is 21.4. The second-order valence-electron chi connectivity index (χ2n) is 9.64. The standard InChI is InChI=1S/C27H34F5IN4O/c1-2-20(36-26(38)22-4-3-14-34-24(22)25(28)29)8-6-19(33)11-16-37-15-10-18-5-7-21(9-13-27(30,31)32)35-23(18)12-17-37/h3-5,7,14,19-20,25H,2,6,8-13,15-17H2,1H3,(H,36,38). The van der Waals surface area contributed by atoms with Gasteiger partial charge in [0, 0.05) is 53.5 Å². The maximum Gasteiger partial charge on any atom is 0.389 e. The van der Waals surface area contributed by atoms with E-state index < -0.39 is 30.6 Å². The molecule has 2 atom stereocenters. The highest BCUT2D eigenvalue weighted by Gasteiger charge is 2.27. The Morgan fingerprint density at radius 2 is 1.89 bits per heavy atom. The summed E-state index contributed by atoms with van der Waals surface area (Å²) in [6.07, 6.45) is -1.85. The van der Waals surface area contributed by atoms with Gasteiger partial charge in [0.25, 0.3) is 12.3 Å². The van der Waals surface area contributed by atoms with Gasteiger partial charge in [0.05, 0.1) is 5.56 Å². The van der Waals surface area contributed by atoms with E-state index in [1.807, 2.05) is 13.0 Å². The van der Waals surface area contributed by atoms with Crippen LogP contribution in [0.4, 0.5) is 22.0 Å². The number of rotatable bonds is 12. The molecule has 2 aromatic heterocycles. The van der Waals surface area contributed by atoms with Crippen molar-refractivity contribution >= 4 is 28.5 Å². The Morgan fingerprint density at radius 3 is 2.61 bits per heavy atom. The molecule has 3 heterocycles. The molecule has 0 aromatic carbocycles. The fourth-order valence-corrected chi connectivity index (χ4v) is 5.22. The van der Waals surface area contributed by atoms with E-state index in [9.17, 15) is 26.7 Å². The lowest BCUT2D eigenvalue weighted by atomic mass is 10.0. The van der Waals surface area contributed by atoms with Crippen LogP contribution in [-0.2, 0) is 19.3 Å². The van der Waals surface area contributed by atoms with Gasteiger partial charge in [-0.15, -0.1) is 0 Å². The smallest absolute Gasteiger partial charge is 0.349 e. The molecule has 0 saturated heterocycles. The molecule has 0 bridgehead atoms. The fourth-order valence-electron chi connectivity index (χ4n) is 4.58. The first kappa shape index (κ1) is 30.6. The number of fused-ring (bicyclic) bond motifs is 1. The van der Waals surface area contributed by atoms with Crippen molar-refractivity contribution in [3.63, 3.8) is 0 Å². The highest BCUT2D eigenvalue weighted by atomic mass is 127. The van der Waals surface area contributed by atoms with E-state index in [4.69, 9.17) is 0 Å². The zero-order valence-corrected chi connectivity index (χ0v) is 23.6. The number of halogens is 6. The molecule has 3 rings (SSSR count). The minimum absolute atomic E-state index is 0.0869. The van der Waals surface area contributed by atoms with Gasteiger partial charge in [0.2, 0.25) is 0 Å². The first-order valence-corrected chi connectivity index (χ1v) is 14.2. The molecule has 0 fully saturated rings. The Morgan fingerprint density at radius 1 is 1.13 bits per heavy atom. The van der Waals surface area contributed by atoms with E-state index in [1.54, 1.807) is 6.07 Å². The molecule has 1 aliphatic heterocycles. The Labute approximate surface area is 234 Å². The van der Waals surface area contributed by atoms with Gasteiger partial charge in [-0.25, -0.2) is 8.78 Å². The molecule has 0 aliphatic carbocycles. The monoisotopic (exact) mass is 652 g/mol. The zero-order chi connectivity index (χ0) is 27.7. The molecule has 0 saturated carbocycles. The van der Waals surface area contributed by atoms with Crippen molar-refractivity contribution in [2.45, 2.75) is 80.9 Å². The minimum atomic E-state index is -4.18. The van der Waals surface area contributed by atoms with Gasteiger partial charge in [-0.05, 0) is 68.8 Å². The van der Waals surface area contributed by atoms with Crippen LogP contribution in [-0.4, -0.2) is 56.6 Å². The van der Waals surface area contributed by atoms with E-state index in [1.165, 1.54) is 18.3 Å². The van der Waals surface area contributed by atoms with Crippen LogP contribution in [0.3, 0.4) is 0 Å². The van der Waals surface area contributed by atoms with Gasteiger partial charge >= 0.3 is 6.18 Å². The predicted molar refractivity (Wildman–Crippen MR) is 145 cm³/mol. The van der Waals surface area contributed by atoms with Crippen LogP contribution in [0.25, 0.3) is 0 Å². The molecule has 0 spiro atoms. The van der Waals surface area contributed by atoms with Gasteiger partial charge in [0.15, 0.2) is 0 Å². The highest BCUT2D eigenvalue weighted by Crippen LogP contribution is 2.24. The number of hydrogen-bond donors (Lipinski definition) is 1. The van der Waals surface area contributed by atoms with E-state index in [-0.39, 0.29) is 18.0 Å². The molecule has 5 nitrogen and oxygen atoms in total. The number of hydrogen-bond acceptors (Lipinski definition) is 4. The lowest BCUT2D eigenvalue weighted by Crippen LogP contribution is -2.35. The summed E-state index contributed by atoms with van der Waals surface area (Å²) in [6.45, 7) is 4.56. The predicted octanol–water partition coefficient (Wildman–Crippen LogP) is 6.49. The average Bonchev–Trinajstić information content (AvgIpc) is 3.09. The molecule has 1 amide bonds. The number of aryl methyl sites for hydroxylation is 1. The topological polar surface area (TPSA) is 58.1 Å². The van der Waals surface area contributed by atoms with Crippen molar-refractivity contribution in [3.8, 4) is 0 Å². The third-order valence-electron chi connectivity index (χ3n) is 6.86. The number of carbonyl (C=O) groups is 1. The summed E-state index contributed by atoms with van der Waals surface area (Å²) in [6, 6.07) is 6.37. The van der Waals surface area contributed by atoms with Gasteiger partial charge in [-0.1, -0.05) is 35.6 Å². The SMILES string of the molecule is CCC(CCC(I)CCN1CCc2ccc(CCC(F)(F)F)nc2CC1)NC(=O)c1cccnc1C(F)F. The molecule has 38 heavy (non-hydrogen) atoms. The lowest BCUT2D eigenvalue weighted by molar-refractivity contribution is -0.134. The number of aromatic nitrogens is 2. The van der Waals surface area contributed by atoms with Gasteiger partial charge in [-0.3, -0.25) is 14.8 Å². The van der Waals surface area contributed by atoms with Crippen LogP contribution in [0, 0.1) is 0 Å². The minimum Gasteiger partial charge on any atom is -0.349 e. The molecule has 210 valence electrons. The Kier molecular flexibility index (Phi) is 11.7. The summed E-state index contributed by atoms with van der Waals surface area (Å²) >= 11 is 2.42.